The first-order valence-corrected chi connectivity index (χ1v) is 9.96. The molecule has 25 heavy (non-hydrogen) atoms. The first kappa shape index (κ1) is 17.6. The highest BCUT2D eigenvalue weighted by Crippen LogP contribution is 2.19. The lowest BCUT2D eigenvalue weighted by atomic mass is 10.1. The zero-order chi connectivity index (χ0) is 18.0. The van der Waals surface area contributed by atoms with E-state index in [1.54, 1.807) is 23.1 Å². The molecule has 0 bridgehead atoms. The van der Waals surface area contributed by atoms with Gasteiger partial charge in [-0.1, -0.05) is 17.3 Å². The second-order valence-electron chi connectivity index (χ2n) is 6.27. The van der Waals surface area contributed by atoms with Gasteiger partial charge >= 0.3 is 0 Å². The molecule has 1 fully saturated rings. The number of carbonyl (C=O) groups is 1. The molecule has 0 aliphatic carbocycles. The Kier molecular flexibility index (Phi) is 4.91. The fourth-order valence-corrected chi connectivity index (χ4v) is 3.84. The van der Waals surface area contributed by atoms with E-state index in [1.807, 2.05) is 13.0 Å². The lowest BCUT2D eigenvalue weighted by molar-refractivity contribution is 0.0613. The summed E-state index contributed by atoms with van der Waals surface area (Å²) < 4.78 is 29.0. The molecule has 7 nitrogen and oxygen atoms in total. The Morgan fingerprint density at radius 2 is 1.88 bits per heavy atom. The maximum absolute atomic E-state index is 12.7. The predicted molar refractivity (Wildman–Crippen MR) is 92.0 cm³/mol. The van der Waals surface area contributed by atoms with Crippen LogP contribution in [0.5, 0.6) is 0 Å². The third-order valence-electron chi connectivity index (χ3n) is 4.23. The monoisotopic (exact) mass is 363 g/mol. The topological polar surface area (TPSA) is 83.7 Å². The maximum Gasteiger partial charge on any atom is 0.255 e. The van der Waals surface area contributed by atoms with Crippen LogP contribution >= 0.6 is 0 Å². The molecule has 1 aromatic carbocycles. The van der Waals surface area contributed by atoms with Gasteiger partial charge in [0.15, 0.2) is 15.6 Å². The predicted octanol–water partition coefficient (Wildman–Crippen LogP) is 1.34. The van der Waals surface area contributed by atoms with Crippen LogP contribution in [0.2, 0.25) is 0 Å². The molecule has 1 amide bonds. The number of benzene rings is 1. The van der Waals surface area contributed by atoms with Crippen molar-refractivity contribution in [3.63, 3.8) is 0 Å². The van der Waals surface area contributed by atoms with Crippen LogP contribution in [0.25, 0.3) is 0 Å². The molecule has 1 saturated heterocycles. The van der Waals surface area contributed by atoms with Gasteiger partial charge in [-0.3, -0.25) is 9.69 Å². The van der Waals surface area contributed by atoms with Crippen molar-refractivity contribution < 1.29 is 17.7 Å². The summed E-state index contributed by atoms with van der Waals surface area (Å²) in [7, 11) is -3.44. The molecule has 8 heteroatoms. The molecular formula is C17H21N3O4S. The van der Waals surface area contributed by atoms with Gasteiger partial charge < -0.3 is 9.42 Å². The minimum atomic E-state index is -3.44. The van der Waals surface area contributed by atoms with Crippen molar-refractivity contribution in [1.29, 1.82) is 0 Å². The van der Waals surface area contributed by atoms with Crippen molar-refractivity contribution in [1.82, 2.24) is 15.0 Å². The number of nitrogens with zero attached hydrogens (tertiary/aromatic N) is 3. The highest BCUT2D eigenvalue weighted by molar-refractivity contribution is 7.90. The van der Waals surface area contributed by atoms with Crippen LogP contribution in [-0.4, -0.2) is 61.7 Å². The van der Waals surface area contributed by atoms with Crippen LogP contribution in [0.4, 0.5) is 0 Å². The minimum Gasteiger partial charge on any atom is -0.360 e. The molecule has 0 spiro atoms. The molecule has 2 aromatic rings. The van der Waals surface area contributed by atoms with Gasteiger partial charge in [-0.05, 0) is 19.1 Å². The first-order valence-electron chi connectivity index (χ1n) is 8.07. The largest absolute Gasteiger partial charge is 0.360 e. The molecule has 0 unspecified atom stereocenters. The molecule has 2 heterocycles. The zero-order valence-corrected chi connectivity index (χ0v) is 15.1. The Morgan fingerprint density at radius 1 is 1.20 bits per heavy atom. The van der Waals surface area contributed by atoms with Gasteiger partial charge in [0, 0.05) is 38.5 Å². The number of sulfone groups is 1. The number of amides is 1. The summed E-state index contributed by atoms with van der Waals surface area (Å²) in [5, 5.41) is 3.87. The van der Waals surface area contributed by atoms with Crippen LogP contribution < -0.4 is 0 Å². The number of rotatable bonds is 4. The van der Waals surface area contributed by atoms with E-state index in [0.717, 1.165) is 17.7 Å². The smallest absolute Gasteiger partial charge is 0.255 e. The summed E-state index contributed by atoms with van der Waals surface area (Å²) in [4.78, 5) is 16.7. The number of hydrogen-bond donors (Lipinski definition) is 0. The second-order valence-corrected chi connectivity index (χ2v) is 8.26. The summed E-state index contributed by atoms with van der Waals surface area (Å²) in [5.41, 5.74) is 1.09. The van der Waals surface area contributed by atoms with E-state index in [0.29, 0.717) is 32.7 Å². The number of hydrogen-bond acceptors (Lipinski definition) is 6. The Labute approximate surface area is 147 Å². The Bertz CT molecular complexity index is 868. The summed E-state index contributed by atoms with van der Waals surface area (Å²) >= 11 is 0. The van der Waals surface area contributed by atoms with Crippen LogP contribution in [0, 0.1) is 6.92 Å². The Hall–Kier alpha value is -2.19. The van der Waals surface area contributed by atoms with E-state index in [-0.39, 0.29) is 16.4 Å². The van der Waals surface area contributed by atoms with Gasteiger partial charge in [-0.2, -0.15) is 0 Å². The fourth-order valence-electron chi connectivity index (χ4n) is 2.96. The quantitative estimate of drug-likeness (QED) is 0.815. The van der Waals surface area contributed by atoms with Crippen LogP contribution in [0.15, 0.2) is 39.8 Å². The molecule has 0 radical (unpaired) electrons. The van der Waals surface area contributed by atoms with E-state index < -0.39 is 9.84 Å². The maximum atomic E-state index is 12.7. The normalized spacial score (nSPS) is 16.2. The average molecular weight is 363 g/mol. The van der Waals surface area contributed by atoms with Crippen molar-refractivity contribution in [3.05, 3.63) is 47.3 Å². The van der Waals surface area contributed by atoms with Crippen LogP contribution in [-0.2, 0) is 16.4 Å². The number of carbonyl (C=O) groups excluding carboxylic acids is 1. The first-order chi connectivity index (χ1) is 11.8. The number of piperazine rings is 1. The lowest BCUT2D eigenvalue weighted by Gasteiger charge is -2.34. The van der Waals surface area contributed by atoms with Gasteiger partial charge in [0.25, 0.3) is 5.91 Å². The van der Waals surface area contributed by atoms with E-state index in [1.165, 1.54) is 6.07 Å². The van der Waals surface area contributed by atoms with Gasteiger partial charge in [-0.25, -0.2) is 8.42 Å². The second kappa shape index (κ2) is 6.97. The molecule has 134 valence electrons. The van der Waals surface area contributed by atoms with Crippen molar-refractivity contribution in [2.45, 2.75) is 18.4 Å². The molecule has 3 rings (SSSR count). The molecule has 1 aliphatic heterocycles. The standard InChI is InChI=1S/C17H21N3O4S/c1-13-11-14(24-18-13)12-19-7-9-20(10-8-19)17(21)15-5-3-4-6-16(15)25(2,22)23/h3-6,11H,7-10,12H2,1-2H3. The molecule has 1 aromatic heterocycles. The average Bonchev–Trinajstić information content (AvgIpc) is 2.99. The van der Waals surface area contributed by atoms with Crippen LogP contribution in [0.1, 0.15) is 21.8 Å². The van der Waals surface area contributed by atoms with E-state index in [9.17, 15) is 13.2 Å². The summed E-state index contributed by atoms with van der Waals surface area (Å²) in [6, 6.07) is 8.27. The SMILES string of the molecule is Cc1cc(CN2CCN(C(=O)c3ccccc3S(C)(=O)=O)CC2)on1. The van der Waals surface area contributed by atoms with Crippen molar-refractivity contribution in [2.75, 3.05) is 32.4 Å². The highest BCUT2D eigenvalue weighted by atomic mass is 32.2. The fraction of sp³-hybridized carbons (Fsp3) is 0.412. The lowest BCUT2D eigenvalue weighted by Crippen LogP contribution is -2.48. The molecule has 1 aliphatic rings. The van der Waals surface area contributed by atoms with Gasteiger partial charge in [0.1, 0.15) is 0 Å². The van der Waals surface area contributed by atoms with Gasteiger partial charge in [0.2, 0.25) is 0 Å². The minimum absolute atomic E-state index is 0.0829. The van der Waals surface area contributed by atoms with E-state index in [2.05, 4.69) is 10.1 Å². The van der Waals surface area contributed by atoms with Crippen molar-refractivity contribution in [2.24, 2.45) is 0 Å². The third-order valence-corrected chi connectivity index (χ3v) is 5.39. The zero-order valence-electron chi connectivity index (χ0n) is 14.3. The van der Waals surface area contributed by atoms with E-state index in [4.69, 9.17) is 4.52 Å². The summed E-state index contributed by atoms with van der Waals surface area (Å²) in [6.45, 7) is 5.03. The van der Waals surface area contributed by atoms with E-state index >= 15 is 0 Å². The molecule has 0 atom stereocenters. The Balaban J connectivity index is 1.66. The Morgan fingerprint density at radius 3 is 2.48 bits per heavy atom. The summed E-state index contributed by atoms with van der Waals surface area (Å²) in [6.07, 6.45) is 1.12. The van der Waals surface area contributed by atoms with Crippen molar-refractivity contribution in [3.8, 4) is 0 Å². The van der Waals surface area contributed by atoms with Crippen LogP contribution in [0.3, 0.4) is 0 Å². The highest BCUT2D eigenvalue weighted by Gasteiger charge is 2.26. The molecule has 0 N–H and O–H groups in total. The number of aryl methyl sites for hydroxylation is 1. The van der Waals surface area contributed by atoms with Gasteiger partial charge in [0.05, 0.1) is 22.7 Å². The number of aromatic nitrogens is 1. The van der Waals surface area contributed by atoms with Gasteiger partial charge in [-0.15, -0.1) is 0 Å². The molecular weight excluding hydrogens is 342 g/mol. The summed E-state index contributed by atoms with van der Waals surface area (Å²) in [5.74, 6) is 0.566. The molecule has 0 saturated carbocycles. The third kappa shape index (κ3) is 4.08. The van der Waals surface area contributed by atoms with Crippen molar-refractivity contribution >= 4 is 15.7 Å².